The van der Waals surface area contributed by atoms with E-state index in [2.05, 4.69) is 15.5 Å². The van der Waals surface area contributed by atoms with Gasteiger partial charge in [0.1, 0.15) is 11.8 Å². The first-order valence-electron chi connectivity index (χ1n) is 8.29. The fourth-order valence-electron chi connectivity index (χ4n) is 2.37. The van der Waals surface area contributed by atoms with Crippen LogP contribution in [0.2, 0.25) is 0 Å². The maximum absolute atomic E-state index is 12.4. The van der Waals surface area contributed by atoms with Crippen molar-refractivity contribution in [3.63, 3.8) is 0 Å². The summed E-state index contributed by atoms with van der Waals surface area (Å²) in [6.07, 6.45) is 4.03. The number of ether oxygens (including phenoxy) is 1. The van der Waals surface area contributed by atoms with Crippen molar-refractivity contribution in [2.75, 3.05) is 17.2 Å². The second-order valence-corrected chi connectivity index (χ2v) is 7.51. The minimum Gasteiger partial charge on any atom is -0.494 e. The lowest BCUT2D eigenvalue weighted by atomic mass is 10.2. The SMILES string of the molecule is CCOc1ccc(N([C@@H](C)C(=O)N/N=C\c2ccccn2)S(C)(=O)=O)cc1. The molecule has 0 aliphatic carbocycles. The summed E-state index contributed by atoms with van der Waals surface area (Å²) in [7, 11) is -3.70. The Hall–Kier alpha value is -2.94. The van der Waals surface area contributed by atoms with E-state index in [9.17, 15) is 13.2 Å². The number of hydrogen-bond donors (Lipinski definition) is 1. The quantitative estimate of drug-likeness (QED) is 0.547. The topological polar surface area (TPSA) is 101 Å². The van der Waals surface area contributed by atoms with Gasteiger partial charge in [-0.05, 0) is 50.2 Å². The highest BCUT2D eigenvalue weighted by atomic mass is 32.2. The van der Waals surface area contributed by atoms with E-state index in [1.807, 2.05) is 6.92 Å². The zero-order valence-electron chi connectivity index (χ0n) is 15.4. The number of nitrogens with one attached hydrogen (secondary N) is 1. The molecule has 2 aromatic rings. The Balaban J connectivity index is 2.15. The molecule has 8 nitrogen and oxygen atoms in total. The van der Waals surface area contributed by atoms with E-state index in [-0.39, 0.29) is 0 Å². The summed E-state index contributed by atoms with van der Waals surface area (Å²) in [6.45, 7) is 3.85. The minimum atomic E-state index is -3.70. The van der Waals surface area contributed by atoms with Crippen LogP contribution in [0.25, 0.3) is 0 Å². The standard InChI is InChI=1S/C18H22N4O4S/c1-4-26-17-10-8-16(9-11-17)22(27(3,24)25)14(2)18(23)21-20-13-15-7-5-6-12-19-15/h5-14H,4H2,1-3H3,(H,21,23)/b20-13-/t14-/m0/s1. The van der Waals surface area contributed by atoms with Crippen LogP contribution >= 0.6 is 0 Å². The van der Waals surface area contributed by atoms with Crippen LogP contribution in [0.3, 0.4) is 0 Å². The Bertz CT molecular complexity index is 883. The Morgan fingerprint density at radius 1 is 1.30 bits per heavy atom. The van der Waals surface area contributed by atoms with Crippen molar-refractivity contribution in [3.8, 4) is 5.75 Å². The summed E-state index contributed by atoms with van der Waals surface area (Å²) < 4.78 is 30.9. The number of rotatable bonds is 8. The van der Waals surface area contributed by atoms with Gasteiger partial charge in [0, 0.05) is 6.20 Å². The molecule has 9 heteroatoms. The number of nitrogens with zero attached hydrogens (tertiary/aromatic N) is 3. The molecule has 2 rings (SSSR count). The van der Waals surface area contributed by atoms with Crippen LogP contribution in [0.15, 0.2) is 53.8 Å². The van der Waals surface area contributed by atoms with Gasteiger partial charge in [-0.15, -0.1) is 0 Å². The zero-order valence-corrected chi connectivity index (χ0v) is 16.2. The highest BCUT2D eigenvalue weighted by molar-refractivity contribution is 7.92. The van der Waals surface area contributed by atoms with Gasteiger partial charge < -0.3 is 4.74 Å². The van der Waals surface area contributed by atoms with Crippen molar-refractivity contribution >= 4 is 27.8 Å². The summed E-state index contributed by atoms with van der Waals surface area (Å²) in [4.78, 5) is 16.4. The van der Waals surface area contributed by atoms with Gasteiger partial charge in [-0.1, -0.05) is 6.07 Å². The van der Waals surface area contributed by atoms with Crippen LogP contribution in [0.4, 0.5) is 5.69 Å². The summed E-state index contributed by atoms with van der Waals surface area (Å²) in [5, 5.41) is 3.83. The molecule has 144 valence electrons. The molecule has 0 unspecified atom stereocenters. The van der Waals surface area contributed by atoms with Crippen LogP contribution < -0.4 is 14.5 Å². The predicted molar refractivity (Wildman–Crippen MR) is 104 cm³/mol. The number of amides is 1. The van der Waals surface area contributed by atoms with E-state index in [0.717, 1.165) is 10.6 Å². The number of carbonyl (C=O) groups excluding carboxylic acids is 1. The third kappa shape index (κ3) is 5.78. The number of hydrogen-bond acceptors (Lipinski definition) is 6. The first-order chi connectivity index (χ1) is 12.8. The number of sulfonamides is 1. The highest BCUT2D eigenvalue weighted by Gasteiger charge is 2.29. The third-order valence-electron chi connectivity index (χ3n) is 3.55. The fourth-order valence-corrected chi connectivity index (χ4v) is 3.55. The molecule has 1 heterocycles. The van der Waals surface area contributed by atoms with Crippen molar-refractivity contribution in [3.05, 3.63) is 54.4 Å². The maximum atomic E-state index is 12.4. The second-order valence-electron chi connectivity index (χ2n) is 5.65. The number of aromatic nitrogens is 1. The number of hydrazone groups is 1. The highest BCUT2D eigenvalue weighted by Crippen LogP contribution is 2.24. The normalized spacial score (nSPS) is 12.6. The third-order valence-corrected chi connectivity index (χ3v) is 4.79. The number of pyridine rings is 1. The first kappa shape index (κ1) is 20.4. The van der Waals surface area contributed by atoms with E-state index in [0.29, 0.717) is 23.7 Å². The van der Waals surface area contributed by atoms with Crippen LogP contribution in [0.5, 0.6) is 5.75 Å². The molecular formula is C18H22N4O4S. The molecule has 1 N–H and O–H groups in total. The monoisotopic (exact) mass is 390 g/mol. The summed E-state index contributed by atoms with van der Waals surface area (Å²) >= 11 is 0. The predicted octanol–water partition coefficient (Wildman–Crippen LogP) is 1.79. The van der Waals surface area contributed by atoms with Crippen molar-refractivity contribution in [1.29, 1.82) is 0 Å². The molecule has 0 aliphatic heterocycles. The van der Waals surface area contributed by atoms with Crippen LogP contribution in [0.1, 0.15) is 19.5 Å². The van der Waals surface area contributed by atoms with Gasteiger partial charge in [-0.25, -0.2) is 13.8 Å². The van der Waals surface area contributed by atoms with Crippen molar-refractivity contribution in [2.24, 2.45) is 5.10 Å². The molecule has 0 spiro atoms. The Kier molecular flexibility index (Phi) is 6.89. The summed E-state index contributed by atoms with van der Waals surface area (Å²) in [5.41, 5.74) is 3.27. The van der Waals surface area contributed by atoms with E-state index >= 15 is 0 Å². The van der Waals surface area contributed by atoms with Gasteiger partial charge in [-0.2, -0.15) is 5.10 Å². The summed E-state index contributed by atoms with van der Waals surface area (Å²) in [5.74, 6) is 0.0493. The molecule has 0 saturated carbocycles. The van der Waals surface area contributed by atoms with Crippen molar-refractivity contribution in [1.82, 2.24) is 10.4 Å². The lowest BCUT2D eigenvalue weighted by Gasteiger charge is -2.27. The minimum absolute atomic E-state index is 0.359. The Labute approximate surface area is 158 Å². The van der Waals surface area contributed by atoms with Crippen LogP contribution in [-0.4, -0.2) is 44.4 Å². The van der Waals surface area contributed by atoms with Gasteiger partial charge in [-0.3, -0.25) is 14.1 Å². The number of benzene rings is 1. The van der Waals surface area contributed by atoms with Crippen LogP contribution in [0, 0.1) is 0 Å². The van der Waals surface area contributed by atoms with Crippen LogP contribution in [-0.2, 0) is 14.8 Å². The van der Waals surface area contributed by atoms with Crippen molar-refractivity contribution < 1.29 is 17.9 Å². The van der Waals surface area contributed by atoms with Gasteiger partial charge in [0.25, 0.3) is 5.91 Å². The largest absolute Gasteiger partial charge is 0.494 e. The summed E-state index contributed by atoms with van der Waals surface area (Å²) in [6, 6.07) is 10.8. The smallest absolute Gasteiger partial charge is 0.263 e. The molecule has 0 bridgehead atoms. The molecule has 27 heavy (non-hydrogen) atoms. The van der Waals surface area contributed by atoms with Gasteiger partial charge in [0.05, 0.1) is 30.5 Å². The van der Waals surface area contributed by atoms with E-state index in [1.54, 1.807) is 48.7 Å². The molecule has 1 aromatic carbocycles. The lowest BCUT2D eigenvalue weighted by Crippen LogP contribution is -2.46. The van der Waals surface area contributed by atoms with Crippen molar-refractivity contribution in [2.45, 2.75) is 19.9 Å². The molecular weight excluding hydrogens is 368 g/mol. The van der Waals surface area contributed by atoms with Gasteiger partial charge in [0.15, 0.2) is 0 Å². The van der Waals surface area contributed by atoms with Gasteiger partial charge >= 0.3 is 0 Å². The van der Waals surface area contributed by atoms with E-state index in [1.165, 1.54) is 13.1 Å². The molecule has 0 saturated heterocycles. The van der Waals surface area contributed by atoms with E-state index in [4.69, 9.17) is 4.74 Å². The fraction of sp³-hybridized carbons (Fsp3) is 0.278. The average molecular weight is 390 g/mol. The molecule has 0 fully saturated rings. The molecule has 0 radical (unpaired) electrons. The number of anilines is 1. The Morgan fingerprint density at radius 2 is 2.00 bits per heavy atom. The maximum Gasteiger partial charge on any atom is 0.263 e. The van der Waals surface area contributed by atoms with E-state index < -0.39 is 22.0 Å². The second kappa shape index (κ2) is 9.13. The first-order valence-corrected chi connectivity index (χ1v) is 10.1. The van der Waals surface area contributed by atoms with Gasteiger partial charge in [0.2, 0.25) is 10.0 Å². The Morgan fingerprint density at radius 3 is 2.56 bits per heavy atom. The number of carbonyl (C=O) groups is 1. The molecule has 1 atom stereocenters. The molecule has 1 aromatic heterocycles. The zero-order chi connectivity index (χ0) is 19.9. The molecule has 0 aliphatic rings. The lowest BCUT2D eigenvalue weighted by molar-refractivity contribution is -0.121. The molecule has 1 amide bonds. The average Bonchev–Trinajstić information content (AvgIpc) is 2.63.